The van der Waals surface area contributed by atoms with E-state index in [0.29, 0.717) is 11.5 Å². The Hall–Kier alpha value is -2.24. The van der Waals surface area contributed by atoms with Crippen LogP contribution in [0, 0.1) is 0 Å². The molecule has 2 aromatic rings. The van der Waals surface area contributed by atoms with E-state index in [1.807, 2.05) is 13.8 Å². The average molecular weight is 231 g/mol. The normalized spacial score (nSPS) is 10.5. The van der Waals surface area contributed by atoms with Gasteiger partial charge in [0, 0.05) is 6.04 Å². The number of pyridine rings is 1. The first-order chi connectivity index (χ1) is 8.16. The summed E-state index contributed by atoms with van der Waals surface area (Å²) in [5.41, 5.74) is 0.380. The zero-order valence-electron chi connectivity index (χ0n) is 9.66. The van der Waals surface area contributed by atoms with Crippen molar-refractivity contribution in [1.82, 2.24) is 25.1 Å². The molecule has 6 nitrogen and oxygen atoms in total. The first-order valence-electron chi connectivity index (χ1n) is 5.30. The Morgan fingerprint density at radius 1 is 1.29 bits per heavy atom. The van der Waals surface area contributed by atoms with Crippen LogP contribution in [0.25, 0.3) is 5.82 Å². The molecule has 17 heavy (non-hydrogen) atoms. The average Bonchev–Trinajstić information content (AvgIpc) is 2.82. The molecule has 0 atom stereocenters. The second-order valence-corrected chi connectivity index (χ2v) is 3.88. The third kappa shape index (κ3) is 2.66. The number of carbonyl (C=O) groups excluding carboxylic acids is 1. The Morgan fingerprint density at radius 3 is 2.65 bits per heavy atom. The van der Waals surface area contributed by atoms with Crippen LogP contribution in [0.2, 0.25) is 0 Å². The summed E-state index contributed by atoms with van der Waals surface area (Å²) in [6, 6.07) is 5.32. The minimum Gasteiger partial charge on any atom is -0.349 e. The Labute approximate surface area is 98.7 Å². The monoisotopic (exact) mass is 231 g/mol. The van der Waals surface area contributed by atoms with Gasteiger partial charge in [0.05, 0.1) is 0 Å². The summed E-state index contributed by atoms with van der Waals surface area (Å²) in [4.78, 5) is 16.0. The molecule has 2 rings (SSSR count). The largest absolute Gasteiger partial charge is 0.349 e. The van der Waals surface area contributed by atoms with Crippen molar-refractivity contribution >= 4 is 5.91 Å². The smallest absolute Gasteiger partial charge is 0.270 e. The van der Waals surface area contributed by atoms with Gasteiger partial charge in [-0.05, 0) is 26.0 Å². The van der Waals surface area contributed by atoms with Gasteiger partial charge < -0.3 is 5.32 Å². The maximum absolute atomic E-state index is 11.8. The van der Waals surface area contributed by atoms with Crippen molar-refractivity contribution in [3.8, 4) is 5.82 Å². The van der Waals surface area contributed by atoms with Gasteiger partial charge in [-0.2, -0.15) is 0 Å². The standard InChI is InChI=1S/C11H13N5O/c1-8(2)14-11(17)9-4-3-5-10(15-9)16-6-12-13-7-16/h3-8H,1-2H3,(H,14,17). The Balaban J connectivity index is 2.26. The molecule has 0 aliphatic heterocycles. The van der Waals surface area contributed by atoms with Crippen LogP contribution in [-0.4, -0.2) is 31.7 Å². The molecule has 1 N–H and O–H groups in total. The molecule has 0 aliphatic rings. The number of hydrogen-bond acceptors (Lipinski definition) is 4. The van der Waals surface area contributed by atoms with Crippen LogP contribution in [0.5, 0.6) is 0 Å². The SMILES string of the molecule is CC(C)NC(=O)c1cccc(-n2cnnc2)n1. The molecule has 0 bridgehead atoms. The number of amides is 1. The van der Waals surface area contributed by atoms with Crippen molar-refractivity contribution < 1.29 is 4.79 Å². The Kier molecular flexibility index (Phi) is 3.13. The molecule has 0 aromatic carbocycles. The van der Waals surface area contributed by atoms with Gasteiger partial charge in [-0.25, -0.2) is 4.98 Å². The van der Waals surface area contributed by atoms with Crippen molar-refractivity contribution in [3.63, 3.8) is 0 Å². The molecular weight excluding hydrogens is 218 g/mol. The van der Waals surface area contributed by atoms with Crippen LogP contribution in [0.4, 0.5) is 0 Å². The van der Waals surface area contributed by atoms with Crippen molar-refractivity contribution in [2.45, 2.75) is 19.9 Å². The lowest BCUT2D eigenvalue weighted by Gasteiger charge is -2.08. The summed E-state index contributed by atoms with van der Waals surface area (Å²) in [7, 11) is 0. The Bertz CT molecular complexity index is 506. The number of carbonyl (C=O) groups is 1. The minimum atomic E-state index is -0.185. The molecule has 0 saturated carbocycles. The molecule has 2 heterocycles. The van der Waals surface area contributed by atoms with E-state index < -0.39 is 0 Å². The third-order valence-electron chi connectivity index (χ3n) is 2.07. The summed E-state index contributed by atoms with van der Waals surface area (Å²) in [5.74, 6) is 0.432. The number of hydrogen-bond donors (Lipinski definition) is 1. The first kappa shape index (κ1) is 11.3. The lowest BCUT2D eigenvalue weighted by atomic mass is 10.3. The fourth-order valence-corrected chi connectivity index (χ4v) is 1.35. The molecule has 2 aromatic heterocycles. The van der Waals surface area contributed by atoms with Gasteiger partial charge in [0.2, 0.25) is 0 Å². The van der Waals surface area contributed by atoms with Crippen molar-refractivity contribution in [2.75, 3.05) is 0 Å². The van der Waals surface area contributed by atoms with E-state index in [2.05, 4.69) is 20.5 Å². The fraction of sp³-hybridized carbons (Fsp3) is 0.273. The highest BCUT2D eigenvalue weighted by Crippen LogP contribution is 2.04. The van der Waals surface area contributed by atoms with Gasteiger partial charge in [-0.15, -0.1) is 10.2 Å². The highest BCUT2D eigenvalue weighted by Gasteiger charge is 2.09. The molecule has 0 unspecified atom stereocenters. The van der Waals surface area contributed by atoms with Crippen LogP contribution in [-0.2, 0) is 0 Å². The summed E-state index contributed by atoms with van der Waals surface area (Å²) in [6.07, 6.45) is 3.07. The molecule has 0 spiro atoms. The quantitative estimate of drug-likeness (QED) is 0.848. The van der Waals surface area contributed by atoms with Crippen LogP contribution >= 0.6 is 0 Å². The van der Waals surface area contributed by atoms with Crippen LogP contribution in [0.15, 0.2) is 30.9 Å². The maximum atomic E-state index is 11.8. The zero-order chi connectivity index (χ0) is 12.3. The van der Waals surface area contributed by atoms with Crippen molar-refractivity contribution in [2.24, 2.45) is 0 Å². The predicted octanol–water partition coefficient (Wildman–Crippen LogP) is 0.800. The second kappa shape index (κ2) is 4.73. The van der Waals surface area contributed by atoms with Gasteiger partial charge in [0.1, 0.15) is 24.2 Å². The molecule has 1 amide bonds. The molecule has 88 valence electrons. The number of rotatable bonds is 3. The van der Waals surface area contributed by atoms with E-state index in [1.165, 1.54) is 12.7 Å². The highest BCUT2D eigenvalue weighted by atomic mass is 16.1. The third-order valence-corrected chi connectivity index (χ3v) is 2.07. The van der Waals surface area contributed by atoms with Crippen molar-refractivity contribution in [3.05, 3.63) is 36.5 Å². The maximum Gasteiger partial charge on any atom is 0.270 e. The summed E-state index contributed by atoms with van der Waals surface area (Å²) in [6.45, 7) is 3.81. The minimum absolute atomic E-state index is 0.0860. The van der Waals surface area contributed by atoms with Gasteiger partial charge in [0.25, 0.3) is 5.91 Å². The number of aromatic nitrogens is 4. The van der Waals surface area contributed by atoms with E-state index in [4.69, 9.17) is 0 Å². The molecule has 0 fully saturated rings. The predicted molar refractivity (Wildman–Crippen MR) is 61.8 cm³/mol. The Morgan fingerprint density at radius 2 is 2.00 bits per heavy atom. The molecule has 0 radical (unpaired) electrons. The van der Waals surface area contributed by atoms with Gasteiger partial charge in [0.15, 0.2) is 0 Å². The summed E-state index contributed by atoms with van der Waals surface area (Å²) >= 11 is 0. The van der Waals surface area contributed by atoms with E-state index in [9.17, 15) is 4.79 Å². The van der Waals surface area contributed by atoms with Crippen LogP contribution in [0.3, 0.4) is 0 Å². The lowest BCUT2D eigenvalue weighted by Crippen LogP contribution is -2.30. The highest BCUT2D eigenvalue weighted by molar-refractivity contribution is 5.92. The fourth-order valence-electron chi connectivity index (χ4n) is 1.35. The van der Waals surface area contributed by atoms with Crippen LogP contribution < -0.4 is 5.32 Å². The zero-order valence-corrected chi connectivity index (χ0v) is 9.66. The number of nitrogens with zero attached hydrogens (tertiary/aromatic N) is 4. The summed E-state index contributed by atoms with van der Waals surface area (Å²) in [5, 5.41) is 10.2. The number of nitrogens with one attached hydrogen (secondary N) is 1. The first-order valence-corrected chi connectivity index (χ1v) is 5.30. The topological polar surface area (TPSA) is 72.7 Å². The van der Waals surface area contributed by atoms with E-state index in [0.717, 1.165) is 0 Å². The van der Waals surface area contributed by atoms with E-state index >= 15 is 0 Å². The lowest BCUT2D eigenvalue weighted by molar-refractivity contribution is 0.0938. The molecule has 0 aliphatic carbocycles. The molecule has 0 saturated heterocycles. The second-order valence-electron chi connectivity index (χ2n) is 3.88. The van der Waals surface area contributed by atoms with Gasteiger partial charge >= 0.3 is 0 Å². The van der Waals surface area contributed by atoms with E-state index in [-0.39, 0.29) is 11.9 Å². The summed E-state index contributed by atoms with van der Waals surface area (Å²) < 4.78 is 1.64. The van der Waals surface area contributed by atoms with Crippen molar-refractivity contribution in [1.29, 1.82) is 0 Å². The van der Waals surface area contributed by atoms with E-state index in [1.54, 1.807) is 22.8 Å². The van der Waals surface area contributed by atoms with Gasteiger partial charge in [-0.1, -0.05) is 6.07 Å². The molecule has 6 heteroatoms. The van der Waals surface area contributed by atoms with Gasteiger partial charge in [-0.3, -0.25) is 9.36 Å². The van der Waals surface area contributed by atoms with Crippen LogP contribution in [0.1, 0.15) is 24.3 Å². The molecular formula is C11H13N5O.